The van der Waals surface area contributed by atoms with Crippen LogP contribution in [0.25, 0.3) is 11.1 Å². The highest BCUT2D eigenvalue weighted by Gasteiger charge is 2.06. The van der Waals surface area contributed by atoms with Gasteiger partial charge < -0.3 is 17.2 Å². The first kappa shape index (κ1) is 11.9. The number of nitrogens with two attached hydrogens (primary N) is 3. The van der Waals surface area contributed by atoms with Gasteiger partial charge in [-0.05, 0) is 11.6 Å². The van der Waals surface area contributed by atoms with Crippen LogP contribution in [-0.2, 0) is 0 Å². The van der Waals surface area contributed by atoms with Gasteiger partial charge in [0.05, 0.1) is 17.1 Å². The fourth-order valence-corrected chi connectivity index (χ4v) is 1.52. The van der Waals surface area contributed by atoms with E-state index in [-0.39, 0.29) is 7.43 Å². The van der Waals surface area contributed by atoms with Gasteiger partial charge in [0.1, 0.15) is 0 Å². The Morgan fingerprint density at radius 3 is 1.94 bits per heavy atom. The van der Waals surface area contributed by atoms with Crippen LogP contribution in [0.2, 0.25) is 0 Å². The molecule has 0 aromatic heterocycles. The molecule has 0 spiro atoms. The maximum atomic E-state index is 5.91. The van der Waals surface area contributed by atoms with Gasteiger partial charge in [-0.1, -0.05) is 43.8 Å². The van der Waals surface area contributed by atoms with Crippen LogP contribution in [0.15, 0.2) is 42.5 Å². The van der Waals surface area contributed by atoms with Crippen LogP contribution in [0.3, 0.4) is 0 Å². The third-order valence-corrected chi connectivity index (χ3v) is 2.41. The molecule has 2 aromatic rings. The summed E-state index contributed by atoms with van der Waals surface area (Å²) in [5.41, 5.74) is 20.8. The molecule has 3 nitrogen and oxygen atoms in total. The van der Waals surface area contributed by atoms with Crippen LogP contribution < -0.4 is 17.2 Å². The smallest absolute Gasteiger partial charge is 0.0787 e. The SMILES string of the molecule is C.Nc1ccc(-c2ccccc2)c(N)c1N. The average Bonchev–Trinajstić information content (AvgIpc) is 2.27. The minimum absolute atomic E-state index is 0. The molecule has 16 heavy (non-hydrogen) atoms. The zero-order chi connectivity index (χ0) is 10.8. The van der Waals surface area contributed by atoms with Gasteiger partial charge in [0.15, 0.2) is 0 Å². The van der Waals surface area contributed by atoms with Crippen molar-refractivity contribution in [2.24, 2.45) is 0 Å². The molecule has 0 saturated carbocycles. The number of benzene rings is 2. The molecule has 6 N–H and O–H groups in total. The molecule has 2 rings (SSSR count). The topological polar surface area (TPSA) is 78.1 Å². The second-order valence-corrected chi connectivity index (χ2v) is 3.40. The van der Waals surface area contributed by atoms with Crippen molar-refractivity contribution >= 4 is 17.1 Å². The van der Waals surface area contributed by atoms with Crippen LogP contribution in [0.5, 0.6) is 0 Å². The van der Waals surface area contributed by atoms with E-state index in [4.69, 9.17) is 17.2 Å². The van der Waals surface area contributed by atoms with E-state index < -0.39 is 0 Å². The molecule has 3 heteroatoms. The van der Waals surface area contributed by atoms with Crippen molar-refractivity contribution in [3.63, 3.8) is 0 Å². The second-order valence-electron chi connectivity index (χ2n) is 3.40. The van der Waals surface area contributed by atoms with E-state index in [0.717, 1.165) is 11.1 Å². The molecule has 84 valence electrons. The summed E-state index contributed by atoms with van der Waals surface area (Å²) in [7, 11) is 0. The van der Waals surface area contributed by atoms with Gasteiger partial charge in [0, 0.05) is 5.56 Å². The quantitative estimate of drug-likeness (QED) is 0.640. The zero-order valence-corrected chi connectivity index (χ0v) is 8.27. The molecule has 0 atom stereocenters. The fraction of sp³-hybridized carbons (Fsp3) is 0.0769. The van der Waals surface area contributed by atoms with E-state index in [1.54, 1.807) is 6.07 Å². The summed E-state index contributed by atoms with van der Waals surface area (Å²) >= 11 is 0. The zero-order valence-electron chi connectivity index (χ0n) is 8.27. The van der Waals surface area contributed by atoms with Crippen LogP contribution in [-0.4, -0.2) is 0 Å². The Balaban J connectivity index is 0.00000128. The predicted octanol–water partition coefficient (Wildman–Crippen LogP) is 2.74. The summed E-state index contributed by atoms with van der Waals surface area (Å²) in [5, 5.41) is 0. The van der Waals surface area contributed by atoms with Gasteiger partial charge in [-0.2, -0.15) is 0 Å². The van der Waals surface area contributed by atoms with E-state index in [1.165, 1.54) is 0 Å². The van der Waals surface area contributed by atoms with Crippen molar-refractivity contribution in [3.05, 3.63) is 42.5 Å². The van der Waals surface area contributed by atoms with Crippen LogP contribution >= 0.6 is 0 Å². The van der Waals surface area contributed by atoms with Gasteiger partial charge in [0.25, 0.3) is 0 Å². The van der Waals surface area contributed by atoms with Crippen LogP contribution in [0.1, 0.15) is 7.43 Å². The van der Waals surface area contributed by atoms with Crippen molar-refractivity contribution in [2.45, 2.75) is 7.43 Å². The Kier molecular flexibility index (Phi) is 3.40. The lowest BCUT2D eigenvalue weighted by Crippen LogP contribution is -2.01. The highest BCUT2D eigenvalue weighted by atomic mass is 14.7. The highest BCUT2D eigenvalue weighted by molar-refractivity contribution is 5.90. The molecule has 0 radical (unpaired) electrons. The molecule has 0 heterocycles. The average molecular weight is 215 g/mol. The van der Waals surface area contributed by atoms with Crippen molar-refractivity contribution in [1.82, 2.24) is 0 Å². The molecule has 0 aliphatic rings. The molecular weight excluding hydrogens is 198 g/mol. The van der Waals surface area contributed by atoms with Crippen molar-refractivity contribution in [3.8, 4) is 11.1 Å². The summed E-state index contributed by atoms with van der Waals surface area (Å²) in [6, 6.07) is 13.5. The Morgan fingerprint density at radius 2 is 1.31 bits per heavy atom. The lowest BCUT2D eigenvalue weighted by molar-refractivity contribution is 1.60. The molecule has 0 bridgehead atoms. The van der Waals surface area contributed by atoms with Gasteiger partial charge in [-0.3, -0.25) is 0 Å². The van der Waals surface area contributed by atoms with Gasteiger partial charge in [-0.15, -0.1) is 0 Å². The molecule has 0 amide bonds. The number of hydrogen-bond donors (Lipinski definition) is 3. The van der Waals surface area contributed by atoms with Gasteiger partial charge in [-0.25, -0.2) is 0 Å². The fourth-order valence-electron chi connectivity index (χ4n) is 1.52. The largest absolute Gasteiger partial charge is 0.397 e. The third-order valence-electron chi connectivity index (χ3n) is 2.41. The first-order valence-electron chi connectivity index (χ1n) is 4.69. The first-order chi connectivity index (χ1) is 7.20. The number of hydrogen-bond acceptors (Lipinski definition) is 3. The maximum Gasteiger partial charge on any atom is 0.0787 e. The third kappa shape index (κ3) is 1.93. The minimum atomic E-state index is 0. The minimum Gasteiger partial charge on any atom is -0.397 e. The van der Waals surface area contributed by atoms with E-state index in [0.29, 0.717) is 17.1 Å². The normalized spacial score (nSPS) is 9.50. The standard InChI is InChI=1S/C12H13N3.CH4/c13-10-7-6-9(11(14)12(10)15)8-4-2-1-3-5-8;/h1-7H,13-15H2;1H4. The van der Waals surface area contributed by atoms with Crippen molar-refractivity contribution in [1.29, 1.82) is 0 Å². The van der Waals surface area contributed by atoms with E-state index in [1.807, 2.05) is 36.4 Å². The molecule has 0 saturated heterocycles. The molecule has 0 aliphatic heterocycles. The molecule has 0 fully saturated rings. The Hall–Kier alpha value is -2.16. The summed E-state index contributed by atoms with van der Waals surface area (Å²) in [6.07, 6.45) is 0. The Labute approximate surface area is 95.9 Å². The first-order valence-corrected chi connectivity index (χ1v) is 4.69. The molecule has 2 aromatic carbocycles. The lowest BCUT2D eigenvalue weighted by Gasteiger charge is -2.10. The maximum absolute atomic E-state index is 5.91. The summed E-state index contributed by atoms with van der Waals surface area (Å²) in [6.45, 7) is 0. The van der Waals surface area contributed by atoms with Gasteiger partial charge in [0.2, 0.25) is 0 Å². The predicted molar refractivity (Wildman–Crippen MR) is 71.8 cm³/mol. The van der Waals surface area contributed by atoms with E-state index in [9.17, 15) is 0 Å². The number of anilines is 3. The summed E-state index contributed by atoms with van der Waals surface area (Å²) < 4.78 is 0. The molecular formula is C13H17N3. The molecule has 0 unspecified atom stereocenters. The van der Waals surface area contributed by atoms with E-state index in [2.05, 4.69) is 0 Å². The summed E-state index contributed by atoms with van der Waals surface area (Å²) in [4.78, 5) is 0. The van der Waals surface area contributed by atoms with Crippen molar-refractivity contribution < 1.29 is 0 Å². The van der Waals surface area contributed by atoms with Gasteiger partial charge >= 0.3 is 0 Å². The van der Waals surface area contributed by atoms with E-state index >= 15 is 0 Å². The number of nitrogen functional groups attached to an aromatic ring is 3. The number of rotatable bonds is 1. The monoisotopic (exact) mass is 215 g/mol. The van der Waals surface area contributed by atoms with Crippen LogP contribution in [0.4, 0.5) is 17.1 Å². The van der Waals surface area contributed by atoms with Crippen LogP contribution in [0, 0.1) is 0 Å². The molecule has 0 aliphatic carbocycles. The van der Waals surface area contributed by atoms with Crippen molar-refractivity contribution in [2.75, 3.05) is 17.2 Å². The summed E-state index contributed by atoms with van der Waals surface area (Å²) in [5.74, 6) is 0. The lowest BCUT2D eigenvalue weighted by atomic mass is 10.0. The highest BCUT2D eigenvalue weighted by Crippen LogP contribution is 2.33. The Bertz CT molecular complexity index is 478. The Morgan fingerprint density at radius 1 is 0.688 bits per heavy atom. The second kappa shape index (κ2) is 4.57.